The fourth-order valence-corrected chi connectivity index (χ4v) is 0. The van der Waals surface area contributed by atoms with E-state index >= 15 is 0 Å². The Morgan fingerprint density at radius 1 is 2.00 bits per heavy atom. The highest BCUT2D eigenvalue weighted by molar-refractivity contribution is 8.59. The minimum Gasteiger partial charge on any atom is -0.338 e. The molecule has 0 aliphatic rings. The molecule has 1 unspecified atom stereocenters. The summed E-state index contributed by atoms with van der Waals surface area (Å²) in [5, 5.41) is 0. The first kappa shape index (κ1) is 6.92. The highest BCUT2D eigenvalue weighted by atomic mass is 32.9. The third kappa shape index (κ3) is 4.92. The minimum atomic E-state index is -2.62. The highest BCUT2D eigenvalue weighted by Gasteiger charge is 1.97. The molecule has 0 saturated carbocycles. The maximum Gasteiger partial charge on any atom is 0.241 e. The van der Waals surface area contributed by atoms with Crippen LogP contribution in [0, 0.1) is 0 Å². The molecular formula is CH5O2PS2. The Bertz CT molecular complexity index is 75.6. The average molecular weight is 144 g/mol. The zero-order valence-electron chi connectivity index (χ0n) is 3.16. The summed E-state index contributed by atoms with van der Waals surface area (Å²) in [6, 6.07) is 0. The van der Waals surface area contributed by atoms with Gasteiger partial charge in [-0.2, -0.15) is 0 Å². The fourth-order valence-electron chi connectivity index (χ4n) is 0. The molecule has 0 aromatic heterocycles. The first-order chi connectivity index (χ1) is 2.56. The largest absolute Gasteiger partial charge is 0.338 e. The Morgan fingerprint density at radius 3 is 2.17 bits per heavy atom. The van der Waals surface area contributed by atoms with Crippen molar-refractivity contribution in [3.05, 3.63) is 0 Å². The van der Waals surface area contributed by atoms with Crippen molar-refractivity contribution in [1.82, 2.24) is 0 Å². The third-order valence-electron chi connectivity index (χ3n) is 0.238. The molecule has 0 aromatic carbocycles. The first-order valence-electron chi connectivity index (χ1n) is 1.17. The van der Waals surface area contributed by atoms with Crippen LogP contribution in [0.1, 0.15) is 0 Å². The quantitative estimate of drug-likeness (QED) is 0.421. The molecule has 0 heterocycles. The molecule has 0 aliphatic heterocycles. The maximum atomic E-state index is 8.39. The van der Waals surface area contributed by atoms with Crippen molar-refractivity contribution in [2.45, 2.75) is 0 Å². The standard InChI is InChI=1S/CH5O2PS2/c1-3-4(2,5)6/h1H3,(H2,2,5,6). The molecule has 0 saturated heterocycles. The molecule has 0 radical (unpaired) electrons. The Hall–Kier alpha value is 0.920. The van der Waals surface area contributed by atoms with Crippen LogP contribution >= 0.6 is 17.9 Å². The van der Waals surface area contributed by atoms with Crippen molar-refractivity contribution in [2.24, 2.45) is 0 Å². The number of rotatable bonds is 1. The lowest BCUT2D eigenvalue weighted by atomic mass is 11.8. The van der Waals surface area contributed by atoms with Gasteiger partial charge in [-0.3, -0.25) is 0 Å². The lowest BCUT2D eigenvalue weighted by molar-refractivity contribution is 0.405. The summed E-state index contributed by atoms with van der Waals surface area (Å²) in [7, 11) is 1.33. The van der Waals surface area contributed by atoms with Gasteiger partial charge >= 0.3 is 0 Å². The van der Waals surface area contributed by atoms with Crippen LogP contribution in [-0.4, -0.2) is 12.0 Å². The van der Waals surface area contributed by atoms with Crippen LogP contribution in [0.4, 0.5) is 0 Å². The monoisotopic (exact) mass is 144 g/mol. The van der Waals surface area contributed by atoms with Crippen molar-refractivity contribution in [3.63, 3.8) is 0 Å². The lowest BCUT2D eigenvalue weighted by Crippen LogP contribution is -1.67. The van der Waals surface area contributed by atoms with Gasteiger partial charge in [0.15, 0.2) is 0 Å². The predicted molar refractivity (Wildman–Crippen MR) is 32.5 cm³/mol. The Morgan fingerprint density at radius 2 is 2.17 bits per heavy atom. The molecule has 1 N–H and O–H groups in total. The summed E-state index contributed by atoms with van der Waals surface area (Å²) < 4.78 is 4.28. The summed E-state index contributed by atoms with van der Waals surface area (Å²) in [4.78, 5) is 8.39. The molecule has 0 fully saturated rings. The average Bonchev–Trinajstić information content (AvgIpc) is 1.35. The van der Waals surface area contributed by atoms with Crippen LogP contribution in [0.2, 0.25) is 0 Å². The topological polar surface area (TPSA) is 29.5 Å². The summed E-state index contributed by atoms with van der Waals surface area (Å²) in [6.07, 6.45) is 0. The maximum absolute atomic E-state index is 8.39. The highest BCUT2D eigenvalue weighted by Crippen LogP contribution is 2.45. The van der Waals surface area contributed by atoms with Gasteiger partial charge in [0.1, 0.15) is 0 Å². The van der Waals surface area contributed by atoms with Crippen LogP contribution < -0.4 is 0 Å². The number of hydrogen-bond donors (Lipinski definition) is 2. The minimum absolute atomic E-state index is 1.33. The second-order valence-electron chi connectivity index (χ2n) is 0.673. The van der Waals surface area contributed by atoms with E-state index in [1.165, 1.54) is 7.11 Å². The molecule has 0 aromatic rings. The van der Waals surface area contributed by atoms with E-state index in [1.54, 1.807) is 0 Å². The van der Waals surface area contributed by atoms with E-state index < -0.39 is 5.69 Å². The predicted octanol–water partition coefficient (Wildman–Crippen LogP) is 0.779. The van der Waals surface area contributed by atoms with E-state index in [1.807, 2.05) is 0 Å². The summed E-state index contributed by atoms with van der Waals surface area (Å²) >= 11 is 7.81. The van der Waals surface area contributed by atoms with Gasteiger partial charge in [-0.1, -0.05) is 12.2 Å². The molecule has 38 valence electrons. The molecule has 2 nitrogen and oxygen atoms in total. The van der Waals surface area contributed by atoms with E-state index in [9.17, 15) is 0 Å². The van der Waals surface area contributed by atoms with Gasteiger partial charge in [-0.15, -0.1) is 0 Å². The van der Waals surface area contributed by atoms with Gasteiger partial charge in [0.05, 0.1) is 0 Å². The summed E-state index contributed by atoms with van der Waals surface area (Å²) in [6.45, 7) is 0. The van der Waals surface area contributed by atoms with Gasteiger partial charge in [-0.25, -0.2) is 0 Å². The van der Waals surface area contributed by atoms with E-state index in [0.29, 0.717) is 0 Å². The molecule has 0 spiro atoms. The molecule has 0 rings (SSSR count). The smallest absolute Gasteiger partial charge is 0.241 e. The SMILES string of the molecule is COP(O)(=S)S. The molecule has 0 aliphatic carbocycles. The zero-order chi connectivity index (χ0) is 5.21. The van der Waals surface area contributed by atoms with Crippen LogP contribution in [0.25, 0.3) is 0 Å². The van der Waals surface area contributed by atoms with Crippen molar-refractivity contribution in [1.29, 1.82) is 0 Å². The lowest BCUT2D eigenvalue weighted by Gasteiger charge is -1.99. The first-order valence-corrected chi connectivity index (χ1v) is 5.00. The van der Waals surface area contributed by atoms with Crippen molar-refractivity contribution in [2.75, 3.05) is 7.11 Å². The second-order valence-corrected chi connectivity index (χ2v) is 5.94. The summed E-state index contributed by atoms with van der Waals surface area (Å²) in [5.41, 5.74) is -2.62. The molecule has 6 heavy (non-hydrogen) atoms. The van der Waals surface area contributed by atoms with Crippen LogP contribution in [0.15, 0.2) is 0 Å². The van der Waals surface area contributed by atoms with Crippen molar-refractivity contribution in [3.8, 4) is 0 Å². The summed E-state index contributed by atoms with van der Waals surface area (Å²) in [5.74, 6) is 0. The van der Waals surface area contributed by atoms with Gasteiger partial charge in [0, 0.05) is 7.11 Å². The molecule has 1 atom stereocenters. The Kier molecular flexibility index (Phi) is 2.63. The fraction of sp³-hybridized carbons (Fsp3) is 1.00. The van der Waals surface area contributed by atoms with E-state index in [0.717, 1.165) is 0 Å². The Balaban J connectivity index is 3.48. The van der Waals surface area contributed by atoms with Crippen LogP contribution in [-0.2, 0) is 16.3 Å². The second kappa shape index (κ2) is 2.28. The van der Waals surface area contributed by atoms with E-state index in [2.05, 4.69) is 28.6 Å². The van der Waals surface area contributed by atoms with Gasteiger partial charge in [-0.05, 0) is 11.8 Å². The van der Waals surface area contributed by atoms with E-state index in [-0.39, 0.29) is 0 Å². The molecule has 0 bridgehead atoms. The van der Waals surface area contributed by atoms with Crippen LogP contribution in [0.5, 0.6) is 0 Å². The van der Waals surface area contributed by atoms with Crippen molar-refractivity contribution < 1.29 is 9.42 Å². The molecule has 5 heteroatoms. The van der Waals surface area contributed by atoms with Gasteiger partial charge < -0.3 is 9.42 Å². The van der Waals surface area contributed by atoms with E-state index in [4.69, 9.17) is 4.89 Å². The Labute approximate surface area is 46.8 Å². The zero-order valence-corrected chi connectivity index (χ0v) is 5.76. The van der Waals surface area contributed by atoms with Gasteiger partial charge in [0.2, 0.25) is 5.69 Å². The number of hydrogen-bond acceptors (Lipinski definition) is 2. The van der Waals surface area contributed by atoms with Crippen LogP contribution in [0.3, 0.4) is 0 Å². The number of thiol groups is 1. The third-order valence-corrected chi connectivity index (χ3v) is 1.65. The van der Waals surface area contributed by atoms with Crippen molar-refractivity contribution >= 4 is 29.7 Å². The molecule has 0 amide bonds. The molecular weight excluding hydrogens is 139 g/mol. The van der Waals surface area contributed by atoms with Gasteiger partial charge in [0.25, 0.3) is 0 Å². The normalized spacial score (nSPS) is 19.8.